The number of carbonyl (C=O) groups excluding carboxylic acids is 1. The molecule has 1 aromatic carbocycles. The zero-order chi connectivity index (χ0) is 21.8. The van der Waals surface area contributed by atoms with E-state index in [9.17, 15) is 13.2 Å². The average Bonchev–Trinajstić information content (AvgIpc) is 3.19. The van der Waals surface area contributed by atoms with Crippen LogP contribution in [0.5, 0.6) is 0 Å². The summed E-state index contributed by atoms with van der Waals surface area (Å²) in [7, 11) is -3.51. The highest BCUT2D eigenvalue weighted by Crippen LogP contribution is 2.21. The van der Waals surface area contributed by atoms with Crippen LogP contribution in [0, 0.1) is 5.92 Å². The summed E-state index contributed by atoms with van der Waals surface area (Å²) in [5, 5.41) is 4.76. The van der Waals surface area contributed by atoms with Crippen molar-refractivity contribution in [2.75, 3.05) is 13.1 Å². The van der Waals surface area contributed by atoms with Crippen molar-refractivity contribution in [3.05, 3.63) is 76.5 Å². The first-order valence-electron chi connectivity index (χ1n) is 10.0. The topological polar surface area (TPSA) is 83.8 Å². The fourth-order valence-electron chi connectivity index (χ4n) is 3.61. The van der Waals surface area contributed by atoms with Crippen LogP contribution < -0.4 is 5.32 Å². The molecule has 1 amide bonds. The van der Waals surface area contributed by atoms with Crippen LogP contribution in [-0.4, -0.2) is 41.1 Å². The van der Waals surface area contributed by atoms with Gasteiger partial charge < -0.3 is 9.72 Å². The van der Waals surface area contributed by atoms with Gasteiger partial charge >= 0.3 is 0 Å². The summed E-state index contributed by atoms with van der Waals surface area (Å²) in [6.45, 7) is 0.968. The highest BCUT2D eigenvalue weighted by atomic mass is 35.5. The number of hydrogen-bond donors (Lipinski definition) is 1. The molecule has 7 nitrogen and oxygen atoms in total. The van der Waals surface area contributed by atoms with Crippen LogP contribution in [0.15, 0.2) is 60.3 Å². The van der Waals surface area contributed by atoms with Crippen molar-refractivity contribution in [2.24, 2.45) is 5.92 Å². The SMILES string of the molecule is O=C(NCc1cn2cc(Cl)ccc2n1)C1CCN(S(=O)(=O)/C=C/c2ccccc2)CC1. The zero-order valence-electron chi connectivity index (χ0n) is 16.8. The molecule has 4 rings (SSSR count). The first-order chi connectivity index (χ1) is 14.9. The normalized spacial score (nSPS) is 16.2. The second-order valence-corrected chi connectivity index (χ2v) is 9.75. The van der Waals surface area contributed by atoms with E-state index in [4.69, 9.17) is 11.6 Å². The van der Waals surface area contributed by atoms with Gasteiger partial charge in [0.1, 0.15) is 5.65 Å². The van der Waals surface area contributed by atoms with Gasteiger partial charge in [-0.05, 0) is 36.6 Å². The lowest BCUT2D eigenvalue weighted by molar-refractivity contribution is -0.126. The molecule has 0 bridgehead atoms. The lowest BCUT2D eigenvalue weighted by atomic mass is 9.97. The van der Waals surface area contributed by atoms with Crippen LogP contribution >= 0.6 is 11.6 Å². The number of sulfonamides is 1. The summed E-state index contributed by atoms with van der Waals surface area (Å²) < 4.78 is 28.4. The molecule has 9 heteroatoms. The number of halogens is 1. The first kappa shape index (κ1) is 21.5. The fourth-order valence-corrected chi connectivity index (χ4v) is 5.00. The van der Waals surface area contributed by atoms with Crippen LogP contribution in [0.4, 0.5) is 0 Å². The lowest BCUT2D eigenvalue weighted by Gasteiger charge is -2.29. The molecular formula is C22H23ClN4O3S. The molecule has 0 aliphatic carbocycles. The van der Waals surface area contributed by atoms with Gasteiger partial charge in [-0.2, -0.15) is 4.31 Å². The monoisotopic (exact) mass is 458 g/mol. The maximum Gasteiger partial charge on any atom is 0.236 e. The molecular weight excluding hydrogens is 436 g/mol. The number of rotatable bonds is 6. The minimum absolute atomic E-state index is 0.0769. The molecule has 0 unspecified atom stereocenters. The van der Waals surface area contributed by atoms with Gasteiger partial charge in [0.05, 0.1) is 17.3 Å². The summed E-state index contributed by atoms with van der Waals surface area (Å²) in [5.41, 5.74) is 2.33. The van der Waals surface area contributed by atoms with Crippen molar-refractivity contribution in [3.8, 4) is 0 Å². The van der Waals surface area contributed by atoms with E-state index in [1.807, 2.05) is 47.0 Å². The third-order valence-corrected chi connectivity index (χ3v) is 7.11. The Hall–Kier alpha value is -2.68. The molecule has 31 heavy (non-hydrogen) atoms. The Bertz CT molecular complexity index is 1200. The highest BCUT2D eigenvalue weighted by Gasteiger charge is 2.29. The van der Waals surface area contributed by atoms with Crippen molar-refractivity contribution in [1.29, 1.82) is 0 Å². The van der Waals surface area contributed by atoms with E-state index < -0.39 is 10.0 Å². The van der Waals surface area contributed by atoms with E-state index in [0.29, 0.717) is 37.5 Å². The Morgan fingerprint density at radius 2 is 1.87 bits per heavy atom. The molecule has 0 saturated carbocycles. The number of aromatic nitrogens is 2. The summed E-state index contributed by atoms with van der Waals surface area (Å²) >= 11 is 5.98. The van der Waals surface area contributed by atoms with Crippen LogP contribution in [-0.2, 0) is 21.4 Å². The molecule has 1 aliphatic heterocycles. The number of amides is 1. The Kier molecular flexibility index (Phi) is 6.41. The fraction of sp³-hybridized carbons (Fsp3) is 0.273. The zero-order valence-corrected chi connectivity index (χ0v) is 18.4. The lowest BCUT2D eigenvalue weighted by Crippen LogP contribution is -2.42. The first-order valence-corrected chi connectivity index (χ1v) is 11.9. The minimum Gasteiger partial charge on any atom is -0.350 e. The number of nitrogens with one attached hydrogen (secondary N) is 1. The van der Waals surface area contributed by atoms with Crippen LogP contribution in [0.3, 0.4) is 0 Å². The van der Waals surface area contributed by atoms with Crippen LogP contribution in [0.2, 0.25) is 5.02 Å². The molecule has 1 N–H and O–H groups in total. The van der Waals surface area contributed by atoms with Crippen molar-refractivity contribution in [3.63, 3.8) is 0 Å². The smallest absolute Gasteiger partial charge is 0.236 e. The van der Waals surface area contributed by atoms with E-state index in [1.54, 1.807) is 18.3 Å². The van der Waals surface area contributed by atoms with Gasteiger partial charge in [-0.25, -0.2) is 13.4 Å². The van der Waals surface area contributed by atoms with Crippen molar-refractivity contribution >= 4 is 39.3 Å². The van der Waals surface area contributed by atoms with Crippen LogP contribution in [0.25, 0.3) is 11.7 Å². The number of hydrogen-bond acceptors (Lipinski definition) is 4. The van der Waals surface area contributed by atoms with E-state index in [0.717, 1.165) is 16.9 Å². The summed E-state index contributed by atoms with van der Waals surface area (Å²) in [5.74, 6) is -0.289. The number of benzene rings is 1. The second-order valence-electron chi connectivity index (χ2n) is 7.49. The van der Waals surface area contributed by atoms with Gasteiger partial charge in [0.15, 0.2) is 0 Å². The Balaban J connectivity index is 1.29. The number of pyridine rings is 1. The molecule has 0 radical (unpaired) electrons. The Labute approximate surface area is 186 Å². The third-order valence-electron chi connectivity index (χ3n) is 5.33. The molecule has 2 aromatic heterocycles. The summed E-state index contributed by atoms with van der Waals surface area (Å²) in [6.07, 6.45) is 6.17. The number of fused-ring (bicyclic) bond motifs is 1. The average molecular weight is 459 g/mol. The predicted octanol–water partition coefficient (Wildman–Crippen LogP) is 3.32. The number of piperidine rings is 1. The number of carbonyl (C=O) groups is 1. The van der Waals surface area contributed by atoms with E-state index in [1.165, 1.54) is 9.71 Å². The largest absolute Gasteiger partial charge is 0.350 e. The molecule has 0 spiro atoms. The van der Waals surface area contributed by atoms with Gasteiger partial charge in [0.2, 0.25) is 15.9 Å². The molecule has 0 atom stereocenters. The van der Waals surface area contributed by atoms with E-state index >= 15 is 0 Å². The van der Waals surface area contributed by atoms with Gasteiger partial charge in [0, 0.05) is 36.8 Å². The summed E-state index contributed by atoms with van der Waals surface area (Å²) in [4.78, 5) is 17.0. The minimum atomic E-state index is -3.51. The maximum atomic E-state index is 12.6. The van der Waals surface area contributed by atoms with Gasteiger partial charge in [-0.1, -0.05) is 41.9 Å². The predicted molar refractivity (Wildman–Crippen MR) is 121 cm³/mol. The molecule has 3 heterocycles. The molecule has 3 aromatic rings. The number of imidazole rings is 1. The van der Waals surface area contributed by atoms with Gasteiger partial charge in [-0.3, -0.25) is 4.79 Å². The second kappa shape index (κ2) is 9.21. The van der Waals surface area contributed by atoms with Crippen LogP contribution in [0.1, 0.15) is 24.1 Å². The quantitative estimate of drug-likeness (QED) is 0.614. The summed E-state index contributed by atoms with van der Waals surface area (Å²) in [6, 6.07) is 12.9. The van der Waals surface area contributed by atoms with Gasteiger partial charge in [-0.15, -0.1) is 0 Å². The van der Waals surface area contributed by atoms with Crippen molar-refractivity contribution < 1.29 is 13.2 Å². The molecule has 1 aliphatic rings. The van der Waals surface area contributed by atoms with Crippen molar-refractivity contribution in [1.82, 2.24) is 19.0 Å². The number of nitrogens with zero attached hydrogens (tertiary/aromatic N) is 3. The standard InChI is InChI=1S/C22H23ClN4O3S/c23-19-6-7-21-25-20(16-26(21)15-19)14-24-22(28)18-8-11-27(12-9-18)31(29,30)13-10-17-4-2-1-3-5-17/h1-7,10,13,15-16,18H,8-9,11-12,14H2,(H,24,28)/b13-10+. The van der Waals surface area contributed by atoms with E-state index in [-0.39, 0.29) is 11.8 Å². The van der Waals surface area contributed by atoms with E-state index in [2.05, 4.69) is 10.3 Å². The molecule has 1 saturated heterocycles. The van der Waals surface area contributed by atoms with Gasteiger partial charge in [0.25, 0.3) is 0 Å². The third kappa shape index (κ3) is 5.33. The molecule has 1 fully saturated rings. The maximum absolute atomic E-state index is 12.6. The Morgan fingerprint density at radius 1 is 1.13 bits per heavy atom. The molecule has 162 valence electrons. The van der Waals surface area contributed by atoms with Crippen molar-refractivity contribution in [2.45, 2.75) is 19.4 Å². The Morgan fingerprint density at radius 3 is 2.61 bits per heavy atom. The highest BCUT2D eigenvalue weighted by molar-refractivity contribution is 7.92.